The quantitative estimate of drug-likeness (QED) is 0.856. The van der Waals surface area contributed by atoms with Gasteiger partial charge in [-0.15, -0.1) is 0 Å². The van der Waals surface area contributed by atoms with Crippen molar-refractivity contribution >= 4 is 5.91 Å². The highest BCUT2D eigenvalue weighted by atomic mass is 16.5. The van der Waals surface area contributed by atoms with E-state index in [1.54, 1.807) is 6.92 Å². The van der Waals surface area contributed by atoms with Gasteiger partial charge in [-0.05, 0) is 18.6 Å². The summed E-state index contributed by atoms with van der Waals surface area (Å²) in [6.45, 7) is 6.24. The van der Waals surface area contributed by atoms with Crippen molar-refractivity contribution in [1.82, 2.24) is 19.6 Å². The summed E-state index contributed by atoms with van der Waals surface area (Å²) in [6, 6.07) is 3.74. The van der Waals surface area contributed by atoms with Gasteiger partial charge < -0.3 is 14.0 Å². The van der Waals surface area contributed by atoms with E-state index in [-0.39, 0.29) is 5.91 Å². The molecule has 1 amide bonds. The average molecular weight is 274 g/mol. The minimum Gasteiger partial charge on any atom is -0.339 e. The minimum atomic E-state index is 0.0937. The largest absolute Gasteiger partial charge is 0.339 e. The molecule has 0 fully saturated rings. The van der Waals surface area contributed by atoms with Crippen molar-refractivity contribution in [1.29, 1.82) is 0 Å². The lowest BCUT2D eigenvalue weighted by Gasteiger charge is -2.29. The van der Waals surface area contributed by atoms with Crippen LogP contribution in [0.25, 0.3) is 11.5 Å². The third-order valence-electron chi connectivity index (χ3n) is 3.62. The number of fused-ring (bicyclic) bond motifs is 1. The van der Waals surface area contributed by atoms with Crippen LogP contribution in [0.4, 0.5) is 0 Å². The van der Waals surface area contributed by atoms with Gasteiger partial charge in [-0.2, -0.15) is 4.98 Å². The molecule has 0 saturated carbocycles. The van der Waals surface area contributed by atoms with E-state index in [9.17, 15) is 4.79 Å². The first kappa shape index (κ1) is 12.9. The fraction of sp³-hybridized carbons (Fsp3) is 0.500. The van der Waals surface area contributed by atoms with Crippen molar-refractivity contribution in [2.75, 3.05) is 13.1 Å². The molecule has 0 unspecified atom stereocenters. The molecule has 3 rings (SSSR count). The fourth-order valence-electron chi connectivity index (χ4n) is 2.54. The van der Waals surface area contributed by atoms with Crippen LogP contribution in [-0.2, 0) is 6.54 Å². The number of hydrogen-bond donors (Lipinski definition) is 0. The van der Waals surface area contributed by atoms with Gasteiger partial charge in [0.1, 0.15) is 5.69 Å². The Kier molecular flexibility index (Phi) is 3.30. The van der Waals surface area contributed by atoms with Crippen molar-refractivity contribution in [3.63, 3.8) is 0 Å². The average Bonchev–Trinajstić information content (AvgIpc) is 3.04. The second-order valence-electron chi connectivity index (χ2n) is 5.04. The topological polar surface area (TPSA) is 64.2 Å². The molecule has 6 nitrogen and oxygen atoms in total. The number of amides is 1. The van der Waals surface area contributed by atoms with Gasteiger partial charge in [-0.25, -0.2) is 0 Å². The zero-order valence-electron chi connectivity index (χ0n) is 11.8. The summed E-state index contributed by atoms with van der Waals surface area (Å²) in [5.41, 5.74) is 1.56. The molecule has 0 aromatic carbocycles. The molecule has 0 aliphatic carbocycles. The first-order chi connectivity index (χ1) is 9.70. The summed E-state index contributed by atoms with van der Waals surface area (Å²) in [5.74, 6) is 1.17. The van der Waals surface area contributed by atoms with E-state index in [0.29, 0.717) is 17.4 Å². The number of nitrogens with zero attached hydrogens (tertiary/aromatic N) is 4. The summed E-state index contributed by atoms with van der Waals surface area (Å²) in [6.07, 6.45) is 2.14. The first-order valence-corrected chi connectivity index (χ1v) is 7.00. The second kappa shape index (κ2) is 5.11. The van der Waals surface area contributed by atoms with E-state index in [1.807, 2.05) is 21.6 Å². The summed E-state index contributed by atoms with van der Waals surface area (Å²) in [7, 11) is 0. The van der Waals surface area contributed by atoms with Crippen LogP contribution in [0.15, 0.2) is 16.7 Å². The van der Waals surface area contributed by atoms with Gasteiger partial charge in [-0.1, -0.05) is 18.5 Å². The van der Waals surface area contributed by atoms with Gasteiger partial charge in [-0.3, -0.25) is 4.79 Å². The monoisotopic (exact) mass is 274 g/mol. The fourth-order valence-corrected chi connectivity index (χ4v) is 2.54. The predicted octanol–water partition coefficient (Wildman–Crippen LogP) is 2.10. The maximum absolute atomic E-state index is 12.4. The Morgan fingerprint density at radius 3 is 2.80 bits per heavy atom. The van der Waals surface area contributed by atoms with E-state index in [1.165, 1.54) is 0 Å². The molecular formula is C14H18N4O2. The molecular weight excluding hydrogens is 256 g/mol. The lowest BCUT2D eigenvalue weighted by atomic mass is 10.2. The highest BCUT2D eigenvalue weighted by Gasteiger charge is 2.27. The third kappa shape index (κ3) is 2.11. The third-order valence-corrected chi connectivity index (χ3v) is 3.62. The SMILES string of the molecule is CCCCN1CCn2c(ccc2-c2noc(C)n2)C1=O. The van der Waals surface area contributed by atoms with Gasteiger partial charge >= 0.3 is 0 Å². The number of unbranched alkanes of at least 4 members (excludes halogenated alkanes) is 1. The lowest BCUT2D eigenvalue weighted by Crippen LogP contribution is -2.40. The Hall–Kier alpha value is -2.11. The number of aromatic nitrogens is 3. The minimum absolute atomic E-state index is 0.0937. The van der Waals surface area contributed by atoms with Crippen molar-refractivity contribution in [3.05, 3.63) is 23.7 Å². The van der Waals surface area contributed by atoms with Crippen molar-refractivity contribution in [3.8, 4) is 11.5 Å². The molecule has 1 aliphatic heterocycles. The zero-order chi connectivity index (χ0) is 14.1. The molecule has 0 N–H and O–H groups in total. The summed E-state index contributed by atoms with van der Waals surface area (Å²) >= 11 is 0. The molecule has 0 atom stereocenters. The smallest absolute Gasteiger partial charge is 0.270 e. The Morgan fingerprint density at radius 1 is 1.30 bits per heavy atom. The number of hydrogen-bond acceptors (Lipinski definition) is 4. The molecule has 6 heteroatoms. The standard InChI is InChI=1S/C14H18N4O2/c1-3-4-7-17-8-9-18-11(5-6-12(18)14(17)19)13-15-10(2)20-16-13/h5-6H,3-4,7-9H2,1-2H3. The Morgan fingerprint density at radius 2 is 2.10 bits per heavy atom. The Labute approximate surface area is 117 Å². The van der Waals surface area contributed by atoms with Crippen molar-refractivity contribution < 1.29 is 9.32 Å². The summed E-state index contributed by atoms with van der Waals surface area (Å²) in [5, 5.41) is 3.93. The van der Waals surface area contributed by atoms with Gasteiger partial charge in [0.15, 0.2) is 0 Å². The molecule has 106 valence electrons. The van der Waals surface area contributed by atoms with Crippen LogP contribution in [0.1, 0.15) is 36.1 Å². The highest BCUT2D eigenvalue weighted by molar-refractivity contribution is 5.94. The number of carbonyl (C=O) groups excluding carboxylic acids is 1. The van der Waals surface area contributed by atoms with Crippen LogP contribution in [0.3, 0.4) is 0 Å². The van der Waals surface area contributed by atoms with E-state index in [2.05, 4.69) is 17.1 Å². The second-order valence-corrected chi connectivity index (χ2v) is 5.04. The zero-order valence-corrected chi connectivity index (χ0v) is 11.8. The van der Waals surface area contributed by atoms with Gasteiger partial charge in [0, 0.05) is 26.6 Å². The normalized spacial score (nSPS) is 14.7. The van der Waals surface area contributed by atoms with Crippen LogP contribution in [0.2, 0.25) is 0 Å². The number of carbonyl (C=O) groups is 1. The van der Waals surface area contributed by atoms with Gasteiger partial charge in [0.25, 0.3) is 5.91 Å². The van der Waals surface area contributed by atoms with Crippen molar-refractivity contribution in [2.24, 2.45) is 0 Å². The molecule has 2 aromatic heterocycles. The molecule has 2 aromatic rings. The maximum Gasteiger partial charge on any atom is 0.270 e. The van der Waals surface area contributed by atoms with Crippen LogP contribution in [0, 0.1) is 6.92 Å². The molecule has 0 radical (unpaired) electrons. The predicted molar refractivity (Wildman–Crippen MR) is 73.3 cm³/mol. The van der Waals surface area contributed by atoms with Crippen molar-refractivity contribution in [2.45, 2.75) is 33.2 Å². The van der Waals surface area contributed by atoms with Gasteiger partial charge in [0.2, 0.25) is 11.7 Å². The lowest BCUT2D eigenvalue weighted by molar-refractivity contribution is 0.0703. The van der Waals surface area contributed by atoms with Crippen LogP contribution >= 0.6 is 0 Å². The molecule has 3 heterocycles. The Balaban J connectivity index is 1.89. The van der Waals surface area contributed by atoms with E-state index in [0.717, 1.165) is 38.2 Å². The number of rotatable bonds is 4. The van der Waals surface area contributed by atoms with Crippen LogP contribution in [0.5, 0.6) is 0 Å². The van der Waals surface area contributed by atoms with E-state index >= 15 is 0 Å². The Bertz CT molecular complexity index is 629. The molecule has 20 heavy (non-hydrogen) atoms. The number of aryl methyl sites for hydroxylation is 1. The molecule has 0 saturated heterocycles. The van der Waals surface area contributed by atoms with Gasteiger partial charge in [0.05, 0.1) is 5.69 Å². The molecule has 0 spiro atoms. The highest BCUT2D eigenvalue weighted by Crippen LogP contribution is 2.24. The first-order valence-electron chi connectivity index (χ1n) is 7.00. The van der Waals surface area contributed by atoms with Crippen LogP contribution < -0.4 is 0 Å². The van der Waals surface area contributed by atoms with Crippen LogP contribution in [-0.4, -0.2) is 38.6 Å². The summed E-state index contributed by atoms with van der Waals surface area (Å²) in [4.78, 5) is 18.6. The summed E-state index contributed by atoms with van der Waals surface area (Å²) < 4.78 is 6.99. The van der Waals surface area contributed by atoms with E-state index in [4.69, 9.17) is 4.52 Å². The molecule has 0 bridgehead atoms. The molecule has 1 aliphatic rings. The maximum atomic E-state index is 12.4. The van der Waals surface area contributed by atoms with E-state index < -0.39 is 0 Å².